The van der Waals surface area contributed by atoms with Gasteiger partial charge in [-0.25, -0.2) is 4.79 Å². The van der Waals surface area contributed by atoms with Crippen molar-refractivity contribution in [3.8, 4) is 0 Å². The second-order valence-electron chi connectivity index (χ2n) is 13.2. The molecule has 3 aliphatic heterocycles. The Hall–Kier alpha value is -1.76. The summed E-state index contributed by atoms with van der Waals surface area (Å²) in [5.74, 6) is -2.61. The molecule has 3 heterocycles. The Morgan fingerprint density at radius 3 is 1.79 bits per heavy atom. The zero-order valence-corrected chi connectivity index (χ0v) is 27.8. The van der Waals surface area contributed by atoms with Crippen molar-refractivity contribution >= 4 is 11.9 Å². The van der Waals surface area contributed by atoms with Crippen molar-refractivity contribution < 1.29 is 74.1 Å². The molecule has 0 radical (unpaired) electrons. The van der Waals surface area contributed by atoms with Gasteiger partial charge < -0.3 is 64.5 Å². The number of unbranched alkanes of at least 4 members (excludes halogenated alkanes) is 10. The van der Waals surface area contributed by atoms with Gasteiger partial charge in [-0.1, -0.05) is 70.8 Å². The molecule has 0 aromatic rings. The van der Waals surface area contributed by atoms with Gasteiger partial charge in [0.1, 0.15) is 60.9 Å². The van der Waals surface area contributed by atoms with Crippen molar-refractivity contribution in [1.82, 2.24) is 0 Å². The highest BCUT2D eigenvalue weighted by Crippen LogP contribution is 2.31. The summed E-state index contributed by atoms with van der Waals surface area (Å²) < 4.78 is 27.4. The van der Waals surface area contributed by atoms with Crippen LogP contribution in [0.15, 0.2) is 12.2 Å². The average Bonchev–Trinajstić information content (AvgIpc) is 3.34. The van der Waals surface area contributed by atoms with Crippen LogP contribution in [0.25, 0.3) is 0 Å². The van der Waals surface area contributed by atoms with E-state index in [1.807, 2.05) is 6.92 Å². The maximum Gasteiger partial charge on any atom is 0.334 e. The number of carboxylic acid groups (broad SMARTS) is 1. The molecule has 3 fully saturated rings. The molecule has 3 aliphatic rings. The standard InChI is InChI=1S/C33H56O15/c1-18(14-12-10-8-6-4-3-5-7-9-11-13-15-20-23(30(41)42)19(2)31(43)46-20)45-33-29(40)27(38)25(36)22(48-33)17-44-32-28(39)26(37)24(35)21(16-34)47-32/h18,20-29,32-40H,2-17H2,1H3,(H,41,42)/t18-,20-,21+,22+,23+,24+,25+,26-,27-,28+,29+,32+,33+/m0/s1. The number of ether oxygens (including phenoxy) is 5. The number of hydrogen-bond donors (Lipinski definition) is 8. The van der Waals surface area contributed by atoms with E-state index >= 15 is 0 Å². The van der Waals surface area contributed by atoms with Gasteiger partial charge in [-0.15, -0.1) is 0 Å². The van der Waals surface area contributed by atoms with E-state index in [9.17, 15) is 50.4 Å². The Kier molecular flexibility index (Phi) is 17.1. The molecule has 15 heteroatoms. The van der Waals surface area contributed by atoms with E-state index in [4.69, 9.17) is 23.7 Å². The van der Waals surface area contributed by atoms with Crippen LogP contribution in [-0.2, 0) is 33.3 Å². The van der Waals surface area contributed by atoms with Crippen molar-refractivity contribution in [2.24, 2.45) is 5.92 Å². The van der Waals surface area contributed by atoms with Crippen LogP contribution in [0, 0.1) is 5.92 Å². The lowest BCUT2D eigenvalue weighted by Crippen LogP contribution is -2.62. The molecular formula is C33H56O15. The van der Waals surface area contributed by atoms with Gasteiger partial charge in [0.2, 0.25) is 0 Å². The quantitative estimate of drug-likeness (QED) is 0.0457. The van der Waals surface area contributed by atoms with Gasteiger partial charge in [-0.05, 0) is 26.2 Å². The summed E-state index contributed by atoms with van der Waals surface area (Å²) in [4.78, 5) is 23.0. The molecule has 15 nitrogen and oxygen atoms in total. The van der Waals surface area contributed by atoms with E-state index < -0.39 is 98.6 Å². The van der Waals surface area contributed by atoms with E-state index in [0.717, 1.165) is 70.6 Å². The summed E-state index contributed by atoms with van der Waals surface area (Å²) >= 11 is 0. The number of aliphatic hydroxyl groups is 7. The van der Waals surface area contributed by atoms with Crippen LogP contribution in [0.1, 0.15) is 90.4 Å². The van der Waals surface area contributed by atoms with Crippen LogP contribution < -0.4 is 0 Å². The highest BCUT2D eigenvalue weighted by Gasteiger charge is 2.48. The SMILES string of the molecule is C=C1C(=O)O[C@@H](CCCCCCCCCCCCC[C@H](C)O[C@@H]2O[C@H](CO[C@@H]3O[C@H](CO)[C@@H](O)[C@H](O)[C@H]3O)[C@@H](O)[C@H](O)[C@H]2O)[C@@H]1C(=O)O. The first-order valence-corrected chi connectivity index (χ1v) is 17.3. The van der Waals surface area contributed by atoms with E-state index in [2.05, 4.69) is 6.58 Å². The fraction of sp³-hybridized carbons (Fsp3) is 0.879. The summed E-state index contributed by atoms with van der Waals surface area (Å²) in [6.45, 7) is 4.33. The number of carboxylic acids is 1. The van der Waals surface area contributed by atoms with Gasteiger partial charge >= 0.3 is 11.9 Å². The lowest BCUT2D eigenvalue weighted by atomic mass is 9.93. The van der Waals surface area contributed by atoms with Gasteiger partial charge in [0.25, 0.3) is 0 Å². The Labute approximate surface area is 281 Å². The number of aliphatic carboxylic acids is 1. The van der Waals surface area contributed by atoms with Crippen molar-refractivity contribution in [2.45, 2.75) is 164 Å². The largest absolute Gasteiger partial charge is 0.481 e. The third-order valence-electron chi connectivity index (χ3n) is 9.44. The summed E-state index contributed by atoms with van der Waals surface area (Å²) in [6.07, 6.45) is -2.74. The lowest BCUT2D eigenvalue weighted by molar-refractivity contribution is -0.335. The Balaban J connectivity index is 1.22. The number of carbonyl (C=O) groups is 2. The molecule has 0 spiro atoms. The predicted octanol–water partition coefficient (Wildman–Crippen LogP) is 0.269. The molecule has 0 aromatic heterocycles. The monoisotopic (exact) mass is 692 g/mol. The summed E-state index contributed by atoms with van der Waals surface area (Å²) in [7, 11) is 0. The minimum atomic E-state index is -1.64. The first-order valence-electron chi connectivity index (χ1n) is 17.3. The molecule has 3 saturated heterocycles. The van der Waals surface area contributed by atoms with E-state index in [1.165, 1.54) is 0 Å². The van der Waals surface area contributed by atoms with Gasteiger partial charge in [0.05, 0.1) is 19.3 Å². The molecule has 0 aromatic carbocycles. The fourth-order valence-electron chi connectivity index (χ4n) is 6.39. The molecular weight excluding hydrogens is 636 g/mol. The third kappa shape index (κ3) is 11.4. The summed E-state index contributed by atoms with van der Waals surface area (Å²) in [6, 6.07) is 0. The number of aliphatic hydroxyl groups excluding tert-OH is 7. The Bertz CT molecular complexity index is 994. The minimum absolute atomic E-state index is 0.0306. The van der Waals surface area contributed by atoms with Crippen molar-refractivity contribution in [2.75, 3.05) is 13.2 Å². The molecule has 8 N–H and O–H groups in total. The van der Waals surface area contributed by atoms with E-state index in [1.54, 1.807) is 0 Å². The van der Waals surface area contributed by atoms with Gasteiger partial charge in [0.15, 0.2) is 12.6 Å². The minimum Gasteiger partial charge on any atom is -0.481 e. The molecule has 0 amide bonds. The molecule has 3 rings (SSSR count). The topological polar surface area (TPSA) is 242 Å². The fourth-order valence-corrected chi connectivity index (χ4v) is 6.39. The lowest BCUT2D eigenvalue weighted by Gasteiger charge is -2.43. The first kappa shape index (κ1) is 40.7. The highest BCUT2D eigenvalue weighted by atomic mass is 16.7. The zero-order valence-electron chi connectivity index (χ0n) is 27.8. The summed E-state index contributed by atoms with van der Waals surface area (Å²) in [5.41, 5.74) is 0.0306. The highest BCUT2D eigenvalue weighted by molar-refractivity contribution is 5.97. The molecule has 278 valence electrons. The number of esters is 1. The van der Waals surface area contributed by atoms with Crippen LogP contribution in [0.3, 0.4) is 0 Å². The van der Waals surface area contributed by atoms with E-state index in [0.29, 0.717) is 12.8 Å². The summed E-state index contributed by atoms with van der Waals surface area (Å²) in [5, 5.41) is 79.9. The van der Waals surface area contributed by atoms with Gasteiger partial charge in [0, 0.05) is 5.57 Å². The normalized spacial score (nSPS) is 36.2. The third-order valence-corrected chi connectivity index (χ3v) is 9.44. The molecule has 48 heavy (non-hydrogen) atoms. The second-order valence-corrected chi connectivity index (χ2v) is 13.2. The Morgan fingerprint density at radius 2 is 1.23 bits per heavy atom. The molecule has 13 atom stereocenters. The second kappa shape index (κ2) is 20.2. The van der Waals surface area contributed by atoms with Crippen molar-refractivity contribution in [1.29, 1.82) is 0 Å². The predicted molar refractivity (Wildman–Crippen MR) is 167 cm³/mol. The number of hydrogen-bond acceptors (Lipinski definition) is 14. The van der Waals surface area contributed by atoms with Crippen LogP contribution in [0.4, 0.5) is 0 Å². The number of rotatable bonds is 21. The molecule has 0 unspecified atom stereocenters. The Morgan fingerprint density at radius 1 is 0.729 bits per heavy atom. The van der Waals surface area contributed by atoms with Gasteiger partial charge in [-0.2, -0.15) is 0 Å². The molecule has 0 bridgehead atoms. The first-order chi connectivity index (χ1) is 22.9. The average molecular weight is 693 g/mol. The van der Waals surface area contributed by atoms with E-state index in [-0.39, 0.29) is 11.7 Å². The van der Waals surface area contributed by atoms with Crippen molar-refractivity contribution in [3.05, 3.63) is 12.2 Å². The maximum atomic E-state index is 11.6. The van der Waals surface area contributed by atoms with Crippen LogP contribution >= 0.6 is 0 Å². The van der Waals surface area contributed by atoms with Crippen LogP contribution in [-0.4, -0.2) is 140 Å². The van der Waals surface area contributed by atoms with Crippen LogP contribution in [0.5, 0.6) is 0 Å². The van der Waals surface area contributed by atoms with Crippen LogP contribution in [0.2, 0.25) is 0 Å². The maximum absolute atomic E-state index is 11.6. The zero-order chi connectivity index (χ0) is 35.4. The molecule has 0 aliphatic carbocycles. The number of cyclic esters (lactones) is 1. The smallest absolute Gasteiger partial charge is 0.334 e. The van der Waals surface area contributed by atoms with Gasteiger partial charge in [-0.3, -0.25) is 4.79 Å². The molecule has 0 saturated carbocycles. The number of carbonyl (C=O) groups excluding carboxylic acids is 1. The van der Waals surface area contributed by atoms with Crippen molar-refractivity contribution in [3.63, 3.8) is 0 Å².